The summed E-state index contributed by atoms with van der Waals surface area (Å²) in [4.78, 5) is 0. The van der Waals surface area contributed by atoms with E-state index >= 15 is 0 Å². The van der Waals surface area contributed by atoms with Crippen LogP contribution in [0.3, 0.4) is 0 Å². The lowest BCUT2D eigenvalue weighted by atomic mass is 9.95. The van der Waals surface area contributed by atoms with Gasteiger partial charge in [0, 0.05) is 5.54 Å². The Balaban J connectivity index is 2.44. The highest BCUT2D eigenvalue weighted by molar-refractivity contribution is 7.98. The van der Waals surface area contributed by atoms with E-state index in [0.29, 0.717) is 24.1 Å². The van der Waals surface area contributed by atoms with Gasteiger partial charge in [-0.3, -0.25) is 0 Å². The van der Waals surface area contributed by atoms with Crippen molar-refractivity contribution in [2.45, 2.75) is 57.2 Å². The number of thioether (sulfide) groups is 1. The molecule has 1 heterocycles. The van der Waals surface area contributed by atoms with Crippen LogP contribution in [0, 0.1) is 0 Å². The van der Waals surface area contributed by atoms with Crippen molar-refractivity contribution in [1.29, 1.82) is 0 Å². The first kappa shape index (κ1) is 15.5. The van der Waals surface area contributed by atoms with E-state index in [2.05, 4.69) is 26.1 Å². The van der Waals surface area contributed by atoms with Crippen molar-refractivity contribution >= 4 is 11.8 Å². The minimum Gasteiger partial charge on any atom is -0.464 e. The quantitative estimate of drug-likeness (QED) is 0.762. The first-order valence-electron chi connectivity index (χ1n) is 6.21. The van der Waals surface area contributed by atoms with Gasteiger partial charge in [-0.25, -0.2) is 0 Å². The summed E-state index contributed by atoms with van der Waals surface area (Å²) in [5.41, 5.74) is 0.102. The van der Waals surface area contributed by atoms with Crippen LogP contribution in [-0.2, 0) is 12.3 Å². The maximum atomic E-state index is 12.0. The highest BCUT2D eigenvalue weighted by atomic mass is 32.2. The third kappa shape index (κ3) is 4.98. The van der Waals surface area contributed by atoms with E-state index in [9.17, 15) is 8.78 Å². The molecule has 0 aromatic carbocycles. The van der Waals surface area contributed by atoms with Crippen molar-refractivity contribution in [3.05, 3.63) is 23.7 Å². The van der Waals surface area contributed by atoms with Crippen molar-refractivity contribution in [2.75, 3.05) is 0 Å². The average molecular weight is 277 g/mol. The molecule has 0 aliphatic carbocycles. The molecule has 1 aromatic rings. The third-order valence-corrected chi connectivity index (χ3v) is 4.02. The SMILES string of the molecule is CCC(C)(CC)NCc1ccc(CSC(F)F)o1. The summed E-state index contributed by atoms with van der Waals surface area (Å²) in [6.07, 6.45) is 2.08. The molecule has 1 rings (SSSR count). The van der Waals surface area contributed by atoms with Gasteiger partial charge in [0.2, 0.25) is 0 Å². The number of furan rings is 1. The van der Waals surface area contributed by atoms with E-state index in [4.69, 9.17) is 4.42 Å². The summed E-state index contributed by atoms with van der Waals surface area (Å²) in [5.74, 6) is -0.726. The van der Waals surface area contributed by atoms with Gasteiger partial charge in [0.05, 0.1) is 12.3 Å². The fraction of sp³-hybridized carbons (Fsp3) is 0.692. The Hall–Kier alpha value is -0.550. The van der Waals surface area contributed by atoms with E-state index in [0.717, 1.165) is 18.6 Å². The van der Waals surface area contributed by atoms with Crippen LogP contribution in [-0.4, -0.2) is 11.3 Å². The molecular formula is C13H21F2NOS. The van der Waals surface area contributed by atoms with Gasteiger partial charge in [-0.2, -0.15) is 8.78 Å². The maximum Gasteiger partial charge on any atom is 0.284 e. The number of nitrogens with one attached hydrogen (secondary N) is 1. The minimum atomic E-state index is -2.35. The van der Waals surface area contributed by atoms with Gasteiger partial charge in [-0.05, 0) is 31.9 Å². The lowest BCUT2D eigenvalue weighted by molar-refractivity contribution is 0.251. The van der Waals surface area contributed by atoms with E-state index in [1.807, 2.05) is 6.07 Å². The molecule has 0 fully saturated rings. The predicted octanol–water partition coefficient (Wildman–Crippen LogP) is 4.40. The van der Waals surface area contributed by atoms with Gasteiger partial charge in [0.1, 0.15) is 11.5 Å². The minimum absolute atomic E-state index is 0.102. The first-order valence-corrected chi connectivity index (χ1v) is 7.26. The fourth-order valence-corrected chi connectivity index (χ4v) is 1.99. The van der Waals surface area contributed by atoms with Crippen LogP contribution in [0.5, 0.6) is 0 Å². The number of hydrogen-bond acceptors (Lipinski definition) is 3. The Morgan fingerprint density at radius 3 is 2.44 bits per heavy atom. The van der Waals surface area contributed by atoms with Gasteiger partial charge in [-0.1, -0.05) is 25.6 Å². The summed E-state index contributed by atoms with van der Waals surface area (Å²) in [6, 6.07) is 3.61. The summed E-state index contributed by atoms with van der Waals surface area (Å²) in [6.45, 7) is 7.09. The fourth-order valence-electron chi connectivity index (χ4n) is 1.54. The molecule has 18 heavy (non-hydrogen) atoms. The summed E-state index contributed by atoms with van der Waals surface area (Å²) < 4.78 is 29.6. The Morgan fingerprint density at radius 2 is 1.89 bits per heavy atom. The molecule has 0 atom stereocenters. The Bertz CT molecular complexity index is 351. The van der Waals surface area contributed by atoms with Gasteiger partial charge < -0.3 is 9.73 Å². The van der Waals surface area contributed by atoms with Crippen molar-refractivity contribution in [1.82, 2.24) is 5.32 Å². The molecule has 2 nitrogen and oxygen atoms in total. The molecule has 0 radical (unpaired) electrons. The van der Waals surface area contributed by atoms with Crippen molar-refractivity contribution in [3.8, 4) is 0 Å². The van der Waals surface area contributed by atoms with E-state index < -0.39 is 5.76 Å². The zero-order valence-electron chi connectivity index (χ0n) is 11.1. The predicted molar refractivity (Wildman–Crippen MR) is 71.8 cm³/mol. The van der Waals surface area contributed by atoms with Crippen LogP contribution >= 0.6 is 11.8 Å². The smallest absolute Gasteiger partial charge is 0.284 e. The summed E-state index contributed by atoms with van der Waals surface area (Å²) in [5, 5.41) is 3.44. The third-order valence-electron chi connectivity index (χ3n) is 3.32. The van der Waals surface area contributed by atoms with E-state index in [1.54, 1.807) is 6.07 Å². The largest absolute Gasteiger partial charge is 0.464 e. The Kier molecular flexibility index (Phi) is 6.15. The molecule has 0 spiro atoms. The molecule has 0 saturated carbocycles. The second-order valence-electron chi connectivity index (χ2n) is 4.56. The lowest BCUT2D eigenvalue weighted by Crippen LogP contribution is -2.40. The second kappa shape index (κ2) is 7.14. The van der Waals surface area contributed by atoms with E-state index in [1.165, 1.54) is 0 Å². The molecule has 0 aliphatic heterocycles. The maximum absolute atomic E-state index is 12.0. The van der Waals surface area contributed by atoms with Crippen molar-refractivity contribution in [2.24, 2.45) is 0 Å². The second-order valence-corrected chi connectivity index (χ2v) is 5.54. The van der Waals surface area contributed by atoms with Gasteiger partial charge >= 0.3 is 0 Å². The molecule has 0 amide bonds. The Morgan fingerprint density at radius 1 is 1.28 bits per heavy atom. The molecule has 0 saturated heterocycles. The molecule has 1 aromatic heterocycles. The summed E-state index contributed by atoms with van der Waals surface area (Å²) in [7, 11) is 0. The molecule has 5 heteroatoms. The first-order chi connectivity index (χ1) is 8.49. The van der Waals surface area contributed by atoms with Crippen LogP contribution in [0.25, 0.3) is 0 Å². The number of hydrogen-bond donors (Lipinski definition) is 1. The molecule has 1 N–H and O–H groups in total. The van der Waals surface area contributed by atoms with Crippen LogP contribution < -0.4 is 5.32 Å². The average Bonchev–Trinajstić information content (AvgIpc) is 2.81. The monoisotopic (exact) mass is 277 g/mol. The lowest BCUT2D eigenvalue weighted by Gasteiger charge is -2.27. The zero-order chi connectivity index (χ0) is 13.6. The highest BCUT2D eigenvalue weighted by Gasteiger charge is 2.18. The highest BCUT2D eigenvalue weighted by Crippen LogP contribution is 2.22. The van der Waals surface area contributed by atoms with Gasteiger partial charge in [0.15, 0.2) is 0 Å². The molecule has 0 bridgehead atoms. The topological polar surface area (TPSA) is 25.2 Å². The normalized spacial score (nSPS) is 12.3. The van der Waals surface area contributed by atoms with Crippen LogP contribution in [0.2, 0.25) is 0 Å². The molecule has 0 aliphatic rings. The molecule has 104 valence electrons. The van der Waals surface area contributed by atoms with Gasteiger partial charge in [0.25, 0.3) is 5.76 Å². The van der Waals surface area contributed by atoms with Crippen molar-refractivity contribution in [3.63, 3.8) is 0 Å². The standard InChI is InChI=1S/C13H21F2NOS/c1-4-13(3,5-2)16-8-10-6-7-11(17-10)9-18-12(14)15/h6-7,12,16H,4-5,8-9H2,1-3H3. The number of halogens is 2. The van der Waals surface area contributed by atoms with Crippen LogP contribution in [0.15, 0.2) is 16.5 Å². The van der Waals surface area contributed by atoms with Crippen molar-refractivity contribution < 1.29 is 13.2 Å². The zero-order valence-corrected chi connectivity index (χ0v) is 11.9. The van der Waals surface area contributed by atoms with Crippen LogP contribution in [0.4, 0.5) is 8.78 Å². The van der Waals surface area contributed by atoms with Crippen LogP contribution in [0.1, 0.15) is 45.1 Å². The number of rotatable bonds is 8. The number of alkyl halides is 2. The Labute approximate surface area is 112 Å². The van der Waals surface area contributed by atoms with E-state index in [-0.39, 0.29) is 11.3 Å². The molecule has 0 unspecified atom stereocenters. The summed E-state index contributed by atoms with van der Waals surface area (Å²) >= 11 is 0.583. The molecular weight excluding hydrogens is 256 g/mol. The van der Waals surface area contributed by atoms with Gasteiger partial charge in [-0.15, -0.1) is 0 Å².